The number of anilines is 2. The van der Waals surface area contributed by atoms with E-state index in [2.05, 4.69) is 33.0 Å². The summed E-state index contributed by atoms with van der Waals surface area (Å²) < 4.78 is 0. The van der Waals surface area contributed by atoms with Gasteiger partial charge in [0, 0.05) is 10.6 Å². The Morgan fingerprint density at radius 1 is 1.26 bits per heavy atom. The van der Waals surface area contributed by atoms with Gasteiger partial charge in [0.05, 0.1) is 5.56 Å². The number of nitrogens with one attached hydrogen (secondary N) is 1. The van der Waals surface area contributed by atoms with Crippen molar-refractivity contribution in [1.29, 1.82) is 0 Å². The summed E-state index contributed by atoms with van der Waals surface area (Å²) in [6.45, 7) is 9.16. The van der Waals surface area contributed by atoms with Crippen LogP contribution >= 0.6 is 23.1 Å². The fraction of sp³-hybridized carbons (Fsp3) is 0.500. The number of fused-ring (bicyclic) bond motifs is 3. The Balaban J connectivity index is 1.73. The van der Waals surface area contributed by atoms with Crippen LogP contribution in [0.4, 0.5) is 10.7 Å². The second-order valence-electron chi connectivity index (χ2n) is 8.48. The van der Waals surface area contributed by atoms with Crippen molar-refractivity contribution in [2.24, 2.45) is 11.3 Å². The number of hydrogen-bond donors (Lipinski definition) is 1. The van der Waals surface area contributed by atoms with E-state index in [4.69, 9.17) is 0 Å². The summed E-state index contributed by atoms with van der Waals surface area (Å²) in [5, 5.41) is 4.76. The molecule has 2 unspecified atom stereocenters. The van der Waals surface area contributed by atoms with Gasteiger partial charge in [-0.25, -0.2) is 0 Å². The minimum atomic E-state index is -0.0454. The van der Waals surface area contributed by atoms with Crippen molar-refractivity contribution < 1.29 is 4.79 Å². The molecule has 0 saturated carbocycles. The van der Waals surface area contributed by atoms with Gasteiger partial charge in [0.1, 0.15) is 5.00 Å². The van der Waals surface area contributed by atoms with Gasteiger partial charge < -0.3 is 5.32 Å². The molecule has 144 valence electrons. The first-order valence-electron chi connectivity index (χ1n) is 9.81. The lowest BCUT2D eigenvalue weighted by Gasteiger charge is -2.37. The molecule has 2 aliphatic rings. The van der Waals surface area contributed by atoms with Crippen LogP contribution < -0.4 is 10.2 Å². The number of para-hydroxylation sites is 1. The molecule has 0 bridgehead atoms. The zero-order valence-electron chi connectivity index (χ0n) is 16.5. The second kappa shape index (κ2) is 7.17. The number of carbonyl (C=O) groups is 1. The van der Waals surface area contributed by atoms with Crippen LogP contribution in [0.5, 0.6) is 0 Å². The monoisotopic (exact) mass is 400 g/mol. The fourth-order valence-electron chi connectivity index (χ4n) is 4.17. The molecule has 0 radical (unpaired) electrons. The number of thioether (sulfide) groups is 1. The van der Waals surface area contributed by atoms with E-state index in [-0.39, 0.29) is 11.4 Å². The molecular weight excluding hydrogens is 372 g/mol. The second-order valence-corrected chi connectivity index (χ2v) is 10.9. The molecule has 1 aromatic heterocycles. The first-order chi connectivity index (χ1) is 12.9. The molecule has 1 aromatic carbocycles. The zero-order valence-corrected chi connectivity index (χ0v) is 18.2. The van der Waals surface area contributed by atoms with E-state index in [0.29, 0.717) is 11.3 Å². The van der Waals surface area contributed by atoms with E-state index in [9.17, 15) is 4.79 Å². The Hall–Kier alpha value is -1.46. The SMILES string of the molecule is CCSC1Nc2sc3c(c2C(=O)N1c1ccccc1)CCC(C(C)(C)C)C3. The molecule has 1 amide bonds. The van der Waals surface area contributed by atoms with Gasteiger partial charge in [0.2, 0.25) is 0 Å². The summed E-state index contributed by atoms with van der Waals surface area (Å²) in [5.41, 5.74) is 3.47. The third-order valence-corrected chi connectivity index (χ3v) is 7.93. The standard InChI is InChI=1S/C22H28N2OS2/c1-5-26-21-23-19-18(20(25)24(21)15-9-7-6-8-10-15)16-12-11-14(22(2,3)4)13-17(16)27-19/h6-10,14,21,23H,5,11-13H2,1-4H3. The molecule has 3 nitrogen and oxygen atoms in total. The zero-order chi connectivity index (χ0) is 19.2. The van der Waals surface area contributed by atoms with Crippen LogP contribution in [0.1, 0.15) is 54.9 Å². The van der Waals surface area contributed by atoms with E-state index in [1.54, 1.807) is 11.8 Å². The van der Waals surface area contributed by atoms with Gasteiger partial charge in [0.25, 0.3) is 5.91 Å². The van der Waals surface area contributed by atoms with Gasteiger partial charge >= 0.3 is 0 Å². The number of benzene rings is 1. The first kappa shape index (κ1) is 18.9. The van der Waals surface area contributed by atoms with Crippen LogP contribution in [0.25, 0.3) is 0 Å². The molecular formula is C22H28N2OS2. The predicted octanol–water partition coefficient (Wildman–Crippen LogP) is 6.01. The number of amides is 1. The van der Waals surface area contributed by atoms with E-state index in [1.165, 1.54) is 16.9 Å². The van der Waals surface area contributed by atoms with Crippen LogP contribution in [0.2, 0.25) is 0 Å². The maximum Gasteiger partial charge on any atom is 0.263 e. The minimum absolute atomic E-state index is 0.0454. The lowest BCUT2D eigenvalue weighted by Crippen LogP contribution is -2.47. The number of carbonyl (C=O) groups excluding carboxylic acids is 1. The van der Waals surface area contributed by atoms with Crippen LogP contribution in [-0.4, -0.2) is 17.2 Å². The molecule has 1 N–H and O–H groups in total. The van der Waals surface area contributed by atoms with Crippen LogP contribution in [0, 0.1) is 11.3 Å². The quantitative estimate of drug-likeness (QED) is 0.685. The average molecular weight is 401 g/mol. The highest BCUT2D eigenvalue weighted by Gasteiger charge is 2.40. The molecule has 4 rings (SSSR count). The fourth-order valence-corrected chi connectivity index (χ4v) is 6.47. The Morgan fingerprint density at radius 3 is 2.67 bits per heavy atom. The molecule has 5 heteroatoms. The van der Waals surface area contributed by atoms with E-state index in [1.807, 2.05) is 46.6 Å². The topological polar surface area (TPSA) is 32.3 Å². The van der Waals surface area contributed by atoms with Gasteiger partial charge in [-0.05, 0) is 54.0 Å². The number of thiophene rings is 1. The molecule has 0 saturated heterocycles. The average Bonchev–Trinajstić information content (AvgIpc) is 3.00. The third kappa shape index (κ3) is 3.40. The molecule has 2 heterocycles. The highest BCUT2D eigenvalue weighted by atomic mass is 32.2. The summed E-state index contributed by atoms with van der Waals surface area (Å²) in [7, 11) is 0. The summed E-state index contributed by atoms with van der Waals surface area (Å²) in [4.78, 5) is 17.0. The maximum atomic E-state index is 13.6. The summed E-state index contributed by atoms with van der Waals surface area (Å²) in [6, 6.07) is 10.1. The molecule has 0 fully saturated rings. The van der Waals surface area contributed by atoms with Gasteiger partial charge in [-0.2, -0.15) is 0 Å². The van der Waals surface area contributed by atoms with E-state index < -0.39 is 0 Å². The lowest BCUT2D eigenvalue weighted by molar-refractivity contribution is 0.0982. The van der Waals surface area contributed by atoms with Gasteiger partial charge in [0.15, 0.2) is 5.50 Å². The largest absolute Gasteiger partial charge is 0.347 e. The Bertz CT molecular complexity index is 838. The smallest absolute Gasteiger partial charge is 0.263 e. The Kier molecular flexibility index (Phi) is 5.02. The molecule has 1 aliphatic heterocycles. The lowest BCUT2D eigenvalue weighted by atomic mass is 9.72. The van der Waals surface area contributed by atoms with Gasteiger partial charge in [-0.1, -0.05) is 45.9 Å². The summed E-state index contributed by atoms with van der Waals surface area (Å²) in [6.07, 6.45) is 3.29. The highest BCUT2D eigenvalue weighted by Crippen LogP contribution is 2.47. The molecule has 0 spiro atoms. The first-order valence-corrected chi connectivity index (χ1v) is 11.7. The Labute approximate surface area is 170 Å². The van der Waals surface area contributed by atoms with E-state index >= 15 is 0 Å². The summed E-state index contributed by atoms with van der Waals surface area (Å²) >= 11 is 3.59. The van der Waals surface area contributed by atoms with Crippen molar-refractivity contribution in [2.45, 2.75) is 52.5 Å². The van der Waals surface area contributed by atoms with Crippen LogP contribution in [-0.2, 0) is 12.8 Å². The van der Waals surface area contributed by atoms with Crippen molar-refractivity contribution in [1.82, 2.24) is 0 Å². The Morgan fingerprint density at radius 2 is 2.00 bits per heavy atom. The summed E-state index contributed by atoms with van der Waals surface area (Å²) in [5.74, 6) is 1.81. The molecule has 2 atom stereocenters. The molecule has 27 heavy (non-hydrogen) atoms. The maximum absolute atomic E-state index is 13.6. The van der Waals surface area contributed by atoms with Gasteiger partial charge in [-0.15, -0.1) is 23.1 Å². The molecule has 2 aromatic rings. The number of hydrogen-bond acceptors (Lipinski definition) is 4. The van der Waals surface area contributed by atoms with Crippen LogP contribution in [0.3, 0.4) is 0 Å². The number of nitrogens with zero attached hydrogens (tertiary/aromatic N) is 1. The normalized spacial score (nSPS) is 22.2. The van der Waals surface area contributed by atoms with Crippen molar-refractivity contribution in [3.05, 3.63) is 46.3 Å². The van der Waals surface area contributed by atoms with Crippen molar-refractivity contribution in [2.75, 3.05) is 16.0 Å². The predicted molar refractivity (Wildman–Crippen MR) is 118 cm³/mol. The molecule has 1 aliphatic carbocycles. The van der Waals surface area contributed by atoms with Crippen molar-refractivity contribution >= 4 is 39.7 Å². The van der Waals surface area contributed by atoms with Crippen molar-refractivity contribution in [3.8, 4) is 0 Å². The van der Waals surface area contributed by atoms with Crippen LogP contribution in [0.15, 0.2) is 30.3 Å². The van der Waals surface area contributed by atoms with Crippen molar-refractivity contribution in [3.63, 3.8) is 0 Å². The number of rotatable bonds is 3. The minimum Gasteiger partial charge on any atom is -0.347 e. The highest BCUT2D eigenvalue weighted by molar-refractivity contribution is 8.00. The van der Waals surface area contributed by atoms with E-state index in [0.717, 1.165) is 34.8 Å². The van der Waals surface area contributed by atoms with Gasteiger partial charge in [-0.3, -0.25) is 9.69 Å². The third-order valence-electron chi connectivity index (χ3n) is 5.77.